The zero-order valence-corrected chi connectivity index (χ0v) is 8.16. The maximum Gasteiger partial charge on any atom is 0.234 e. The molecule has 3 N–H and O–H groups in total. The molecule has 68 valence electrons. The van der Waals surface area contributed by atoms with Crippen LogP contribution in [0.25, 0.3) is 0 Å². The quantitative estimate of drug-likeness (QED) is 0.262. The molecule has 0 saturated carbocycles. The number of hydrogen-bond acceptors (Lipinski definition) is 3. The van der Waals surface area contributed by atoms with E-state index in [-0.39, 0.29) is 5.91 Å². The smallest absolute Gasteiger partial charge is 0.234 e. The Morgan fingerprint density at radius 1 is 1.45 bits per heavy atom. The number of hydrazine groups is 1. The molecule has 0 aromatic heterocycles. The Balaban J connectivity index is 0. The fraction of sp³-hybridized carbons (Fsp3) is 0.857. The molecule has 0 unspecified atom stereocenters. The topological polar surface area (TPSA) is 55.1 Å². The Hall–Kier alpha value is -0.220. The Kier molecular flexibility index (Phi) is 15.1. The van der Waals surface area contributed by atoms with Crippen LogP contribution in [0.5, 0.6) is 0 Å². The van der Waals surface area contributed by atoms with E-state index in [0.29, 0.717) is 12.2 Å². The van der Waals surface area contributed by atoms with Gasteiger partial charge in [-0.1, -0.05) is 26.7 Å². The molecule has 0 aromatic carbocycles. The second-order valence-electron chi connectivity index (χ2n) is 2.04. The molecular formula is C7H18N2OS. The molecule has 0 heterocycles. The van der Waals surface area contributed by atoms with Gasteiger partial charge in [-0.05, 0) is 5.75 Å². The molecular weight excluding hydrogens is 160 g/mol. The van der Waals surface area contributed by atoms with Crippen molar-refractivity contribution in [1.29, 1.82) is 0 Å². The van der Waals surface area contributed by atoms with Gasteiger partial charge in [0.2, 0.25) is 5.91 Å². The van der Waals surface area contributed by atoms with E-state index in [1.165, 1.54) is 12.8 Å². The number of carbonyl (C=O) groups excluding carboxylic acids is 1. The first-order valence-corrected chi connectivity index (χ1v) is 4.46. The molecule has 3 nitrogen and oxygen atoms in total. The lowest BCUT2D eigenvalue weighted by Crippen LogP contribution is -2.29. The minimum absolute atomic E-state index is 0.171. The maximum absolute atomic E-state index is 10.1. The molecule has 0 saturated heterocycles. The van der Waals surface area contributed by atoms with E-state index in [0.717, 1.165) is 0 Å². The monoisotopic (exact) mass is 178 g/mol. The van der Waals surface area contributed by atoms with Crippen molar-refractivity contribution in [2.24, 2.45) is 5.84 Å². The van der Waals surface area contributed by atoms with Gasteiger partial charge in [-0.15, -0.1) is 0 Å². The Bertz CT molecular complexity index is 86.5. The summed E-state index contributed by atoms with van der Waals surface area (Å²) in [5.74, 6) is 5.10. The highest BCUT2D eigenvalue weighted by Gasteiger charge is 1.90. The van der Waals surface area contributed by atoms with Gasteiger partial charge in [0.05, 0.1) is 0 Å². The van der Waals surface area contributed by atoms with Crippen LogP contribution in [0, 0.1) is 0 Å². The van der Waals surface area contributed by atoms with Crippen molar-refractivity contribution >= 4 is 18.5 Å². The highest BCUT2D eigenvalue weighted by atomic mass is 32.1. The molecule has 0 aliphatic carbocycles. The van der Waals surface area contributed by atoms with E-state index in [1.807, 2.05) is 5.43 Å². The van der Waals surface area contributed by atoms with E-state index in [9.17, 15) is 4.79 Å². The van der Waals surface area contributed by atoms with Crippen LogP contribution in [-0.2, 0) is 4.79 Å². The fourth-order valence-corrected chi connectivity index (χ4v) is 0.377. The molecule has 0 spiro atoms. The summed E-state index contributed by atoms with van der Waals surface area (Å²) in [5.41, 5.74) is 1.98. The minimum atomic E-state index is -0.171. The summed E-state index contributed by atoms with van der Waals surface area (Å²) in [6.45, 7) is 4.36. The molecule has 0 fully saturated rings. The van der Waals surface area contributed by atoms with Crippen molar-refractivity contribution in [3.05, 3.63) is 0 Å². The molecule has 0 aromatic rings. The maximum atomic E-state index is 10.1. The van der Waals surface area contributed by atoms with Crippen molar-refractivity contribution < 1.29 is 4.79 Å². The highest BCUT2D eigenvalue weighted by Crippen LogP contribution is 1.79. The fourth-order valence-electron chi connectivity index (χ4n) is 0.174. The van der Waals surface area contributed by atoms with Crippen molar-refractivity contribution in [2.75, 3.05) is 5.75 Å². The largest absolute Gasteiger partial charge is 0.294 e. The number of hydrogen-bond donors (Lipinski definition) is 3. The number of nitrogens with two attached hydrogens (primary N) is 1. The average molecular weight is 178 g/mol. The van der Waals surface area contributed by atoms with Crippen molar-refractivity contribution in [3.63, 3.8) is 0 Å². The molecule has 0 bridgehead atoms. The Morgan fingerprint density at radius 2 is 1.91 bits per heavy atom. The molecule has 11 heavy (non-hydrogen) atoms. The number of amides is 1. The van der Waals surface area contributed by atoms with Gasteiger partial charge in [0.15, 0.2) is 0 Å². The van der Waals surface area contributed by atoms with Crippen molar-refractivity contribution in [1.82, 2.24) is 5.43 Å². The van der Waals surface area contributed by atoms with Crippen LogP contribution < -0.4 is 11.3 Å². The van der Waals surface area contributed by atoms with Crippen molar-refractivity contribution in [2.45, 2.75) is 33.1 Å². The van der Waals surface area contributed by atoms with Gasteiger partial charge in [0.25, 0.3) is 0 Å². The van der Waals surface area contributed by atoms with E-state index < -0.39 is 0 Å². The lowest BCUT2D eigenvalue weighted by atomic mass is 10.4. The Morgan fingerprint density at radius 3 is 2.00 bits per heavy atom. The third-order valence-corrected chi connectivity index (χ3v) is 1.22. The summed E-state index contributed by atoms with van der Waals surface area (Å²) in [6.07, 6.45) is 3.03. The normalized spacial score (nSPS) is 8.00. The number of thiol groups is 1. The van der Waals surface area contributed by atoms with Crippen molar-refractivity contribution in [3.8, 4) is 0 Å². The Labute approximate surface area is 74.1 Å². The molecule has 1 amide bonds. The van der Waals surface area contributed by atoms with Gasteiger partial charge >= 0.3 is 0 Å². The van der Waals surface area contributed by atoms with Gasteiger partial charge in [0, 0.05) is 6.42 Å². The van der Waals surface area contributed by atoms with Crippen LogP contribution in [0.1, 0.15) is 33.1 Å². The highest BCUT2D eigenvalue weighted by molar-refractivity contribution is 7.80. The number of unbranched alkanes of at least 4 members (excludes halogenated alkanes) is 1. The number of carbonyl (C=O) groups is 1. The van der Waals surface area contributed by atoms with Crippen LogP contribution in [0.3, 0.4) is 0 Å². The third-order valence-electron chi connectivity index (χ3n) is 1.000. The standard InChI is InChI=1S/C4H10.C3H8N2OS/c1-3-4-2;4-5-3(6)1-2-7/h3-4H2,1-2H3;7H,1-2,4H2,(H,5,6). The average Bonchev–Trinajstić information content (AvgIpc) is 2.05. The molecule has 0 aliphatic heterocycles. The zero-order valence-electron chi connectivity index (χ0n) is 7.26. The number of nitrogens with one attached hydrogen (secondary N) is 1. The molecule has 0 aliphatic rings. The van der Waals surface area contributed by atoms with E-state index in [4.69, 9.17) is 5.84 Å². The first kappa shape index (κ1) is 13.4. The molecule has 0 radical (unpaired) electrons. The summed E-state index contributed by atoms with van der Waals surface area (Å²) in [6, 6.07) is 0. The SMILES string of the molecule is CCCC.NNC(=O)CCS. The van der Waals surface area contributed by atoms with E-state index in [1.54, 1.807) is 0 Å². The minimum Gasteiger partial charge on any atom is -0.294 e. The van der Waals surface area contributed by atoms with Gasteiger partial charge in [0.1, 0.15) is 0 Å². The first-order valence-electron chi connectivity index (χ1n) is 3.83. The molecule has 0 rings (SSSR count). The predicted octanol–water partition coefficient (Wildman–Crippen LogP) is 1.10. The van der Waals surface area contributed by atoms with Crippen LogP contribution in [-0.4, -0.2) is 11.7 Å². The number of rotatable bonds is 3. The lowest BCUT2D eigenvalue weighted by Gasteiger charge is -1.90. The lowest BCUT2D eigenvalue weighted by molar-refractivity contribution is -0.120. The second kappa shape index (κ2) is 12.5. The zero-order chi connectivity index (χ0) is 9.11. The molecule has 4 heteroatoms. The second-order valence-corrected chi connectivity index (χ2v) is 2.49. The van der Waals surface area contributed by atoms with Crippen LogP contribution in [0.4, 0.5) is 0 Å². The van der Waals surface area contributed by atoms with Gasteiger partial charge < -0.3 is 0 Å². The summed E-state index contributed by atoms with van der Waals surface area (Å²) in [5, 5.41) is 0. The van der Waals surface area contributed by atoms with Gasteiger partial charge in [-0.25, -0.2) is 5.84 Å². The van der Waals surface area contributed by atoms with Crippen LogP contribution >= 0.6 is 12.6 Å². The predicted molar refractivity (Wildman–Crippen MR) is 51.4 cm³/mol. The summed E-state index contributed by atoms with van der Waals surface area (Å²) < 4.78 is 0. The molecule has 0 atom stereocenters. The van der Waals surface area contributed by atoms with E-state index in [2.05, 4.69) is 26.5 Å². The summed E-state index contributed by atoms with van der Waals surface area (Å²) in [7, 11) is 0. The van der Waals surface area contributed by atoms with Gasteiger partial charge in [-0.2, -0.15) is 12.6 Å². The summed E-state index contributed by atoms with van der Waals surface area (Å²) >= 11 is 3.80. The van der Waals surface area contributed by atoms with Crippen LogP contribution in [0.15, 0.2) is 0 Å². The van der Waals surface area contributed by atoms with E-state index >= 15 is 0 Å². The summed E-state index contributed by atoms with van der Waals surface area (Å²) in [4.78, 5) is 10.1. The third kappa shape index (κ3) is 17.7. The van der Waals surface area contributed by atoms with Gasteiger partial charge in [-0.3, -0.25) is 10.2 Å². The first-order chi connectivity index (χ1) is 5.22. The van der Waals surface area contributed by atoms with Crippen LogP contribution in [0.2, 0.25) is 0 Å².